The van der Waals surface area contributed by atoms with Gasteiger partial charge >= 0.3 is 0 Å². The van der Waals surface area contributed by atoms with Crippen LogP contribution in [0.5, 0.6) is 5.75 Å². The smallest absolute Gasteiger partial charge is 0.138 e. The molecule has 2 fully saturated rings. The summed E-state index contributed by atoms with van der Waals surface area (Å²) in [6.07, 6.45) is 7.15. The van der Waals surface area contributed by atoms with Gasteiger partial charge in [-0.2, -0.15) is 0 Å². The van der Waals surface area contributed by atoms with Crippen molar-refractivity contribution in [2.45, 2.75) is 43.9 Å². The molecule has 2 bridgehead atoms. The van der Waals surface area contributed by atoms with Gasteiger partial charge in [0.25, 0.3) is 0 Å². The van der Waals surface area contributed by atoms with Crippen molar-refractivity contribution in [1.82, 2.24) is 9.88 Å². The van der Waals surface area contributed by atoms with Crippen molar-refractivity contribution in [3.05, 3.63) is 48.0 Å². The van der Waals surface area contributed by atoms with E-state index in [2.05, 4.69) is 58.7 Å². The summed E-state index contributed by atoms with van der Waals surface area (Å²) in [6.45, 7) is 0. The maximum absolute atomic E-state index is 6.25. The second kappa shape index (κ2) is 6.11. The third-order valence-electron chi connectivity index (χ3n) is 5.84. The lowest BCUT2D eigenvalue weighted by Gasteiger charge is -2.36. The van der Waals surface area contributed by atoms with E-state index in [0.29, 0.717) is 18.2 Å². The van der Waals surface area contributed by atoms with E-state index in [-0.39, 0.29) is 0 Å². The van der Waals surface area contributed by atoms with Crippen molar-refractivity contribution in [3.8, 4) is 17.0 Å². The predicted octanol–water partition coefficient (Wildman–Crippen LogP) is 4.97. The van der Waals surface area contributed by atoms with Crippen LogP contribution in [-0.2, 0) is 0 Å². The summed E-state index contributed by atoms with van der Waals surface area (Å²) in [5.74, 6) is 0.898. The second-order valence-corrected chi connectivity index (χ2v) is 8.26. The number of thiophene rings is 1. The van der Waals surface area contributed by atoms with Crippen LogP contribution < -0.4 is 4.74 Å². The van der Waals surface area contributed by atoms with Gasteiger partial charge in [0.2, 0.25) is 0 Å². The first kappa shape index (κ1) is 15.4. The Balaban J connectivity index is 1.31. The van der Waals surface area contributed by atoms with E-state index in [4.69, 9.17) is 4.74 Å². The van der Waals surface area contributed by atoms with Gasteiger partial charge in [-0.3, -0.25) is 4.98 Å². The minimum absolute atomic E-state index is 0.337. The Bertz CT molecular complexity index is 874. The molecule has 0 N–H and O–H groups in total. The number of ether oxygens (including phenoxy) is 1. The van der Waals surface area contributed by atoms with Gasteiger partial charge in [-0.1, -0.05) is 6.07 Å². The second-order valence-electron chi connectivity index (χ2n) is 7.31. The highest BCUT2D eigenvalue weighted by atomic mass is 32.1. The zero-order valence-electron chi connectivity index (χ0n) is 14.4. The molecule has 2 saturated heterocycles. The molecule has 0 radical (unpaired) electrons. The molecule has 1 aromatic carbocycles. The number of aromatic nitrogens is 1. The van der Waals surface area contributed by atoms with Crippen molar-refractivity contribution in [1.29, 1.82) is 0 Å². The highest BCUT2D eigenvalue weighted by Gasteiger charge is 2.39. The fourth-order valence-electron chi connectivity index (χ4n) is 4.40. The van der Waals surface area contributed by atoms with Crippen LogP contribution in [0.2, 0.25) is 0 Å². The molecule has 2 aliphatic heterocycles. The summed E-state index contributed by atoms with van der Waals surface area (Å²) in [5, 5.41) is 3.42. The van der Waals surface area contributed by atoms with Crippen LogP contribution in [0.25, 0.3) is 21.3 Å². The molecule has 3 aromatic rings. The molecular weight excluding hydrogens is 328 g/mol. The average molecular weight is 350 g/mol. The number of hydrogen-bond acceptors (Lipinski definition) is 4. The molecule has 4 heteroatoms. The molecule has 3 nitrogen and oxygen atoms in total. The van der Waals surface area contributed by atoms with Crippen LogP contribution in [0.15, 0.2) is 48.0 Å². The minimum Gasteiger partial charge on any atom is -0.489 e. The number of pyridine rings is 1. The fraction of sp³-hybridized carbons (Fsp3) is 0.381. The number of nitrogens with zero attached hydrogens (tertiary/aromatic N) is 2. The average Bonchev–Trinajstić information content (AvgIpc) is 3.16. The predicted molar refractivity (Wildman–Crippen MR) is 103 cm³/mol. The largest absolute Gasteiger partial charge is 0.489 e. The highest BCUT2D eigenvalue weighted by molar-refractivity contribution is 7.17. The van der Waals surface area contributed by atoms with Gasteiger partial charge in [0, 0.05) is 22.3 Å². The Hall–Kier alpha value is -1.91. The molecule has 2 aromatic heterocycles. The Morgan fingerprint density at radius 2 is 1.92 bits per heavy atom. The maximum Gasteiger partial charge on any atom is 0.138 e. The van der Waals surface area contributed by atoms with Crippen molar-refractivity contribution in [3.63, 3.8) is 0 Å². The first-order valence-corrected chi connectivity index (χ1v) is 9.96. The fourth-order valence-corrected chi connectivity index (χ4v) is 5.17. The zero-order valence-corrected chi connectivity index (χ0v) is 15.2. The maximum atomic E-state index is 6.25. The lowest BCUT2D eigenvalue weighted by molar-refractivity contribution is 0.0659. The number of fused-ring (bicyclic) bond motifs is 3. The Morgan fingerprint density at radius 1 is 1.08 bits per heavy atom. The molecule has 2 aliphatic rings. The zero-order chi connectivity index (χ0) is 16.8. The normalized spacial score (nSPS) is 26.2. The van der Waals surface area contributed by atoms with Gasteiger partial charge in [0.15, 0.2) is 0 Å². The van der Waals surface area contributed by atoms with E-state index >= 15 is 0 Å². The molecule has 0 saturated carbocycles. The molecule has 4 heterocycles. The molecule has 3 atom stereocenters. The summed E-state index contributed by atoms with van der Waals surface area (Å²) in [7, 11) is 2.26. The van der Waals surface area contributed by atoms with Gasteiger partial charge < -0.3 is 9.64 Å². The van der Waals surface area contributed by atoms with Crippen LogP contribution >= 0.6 is 11.3 Å². The van der Waals surface area contributed by atoms with Crippen LogP contribution in [-0.4, -0.2) is 35.1 Å². The number of hydrogen-bond donors (Lipinski definition) is 0. The third kappa shape index (κ3) is 2.83. The minimum atomic E-state index is 0.337. The van der Waals surface area contributed by atoms with E-state index in [0.717, 1.165) is 29.8 Å². The Kier molecular flexibility index (Phi) is 3.75. The Morgan fingerprint density at radius 3 is 2.68 bits per heavy atom. The van der Waals surface area contributed by atoms with Crippen LogP contribution in [0, 0.1) is 0 Å². The molecule has 0 unspecified atom stereocenters. The quantitative estimate of drug-likeness (QED) is 0.667. The van der Waals surface area contributed by atoms with Crippen LogP contribution in [0.4, 0.5) is 0 Å². The van der Waals surface area contributed by atoms with Crippen LogP contribution in [0.1, 0.15) is 25.7 Å². The standard InChI is InChI=1S/C21H22N2OS/c1-23-16-3-4-17(23)12-19(11-16)24-18-5-6-20(22-13-18)14-2-7-21-15(10-14)8-9-25-21/h2,5-10,13,16-17,19H,3-4,11-12H2,1H3/t16-,17+,19+. The summed E-state index contributed by atoms with van der Waals surface area (Å²) in [5.41, 5.74) is 2.17. The first-order valence-electron chi connectivity index (χ1n) is 9.08. The van der Waals surface area contributed by atoms with Crippen molar-refractivity contribution in [2.75, 3.05) is 7.05 Å². The molecule has 5 rings (SSSR count). The summed E-state index contributed by atoms with van der Waals surface area (Å²) in [6, 6.07) is 14.2. The van der Waals surface area contributed by atoms with Crippen molar-refractivity contribution < 1.29 is 4.74 Å². The van der Waals surface area contributed by atoms with Gasteiger partial charge in [0.1, 0.15) is 11.9 Å². The SMILES string of the molecule is CN1[C@@H]2CC[C@H]1C[C@@H](Oc1ccc(-c3ccc4sccc4c3)nc1)C2. The summed E-state index contributed by atoms with van der Waals surface area (Å²) >= 11 is 1.77. The van der Waals surface area contributed by atoms with Crippen LogP contribution in [0.3, 0.4) is 0 Å². The molecule has 128 valence electrons. The lowest BCUT2D eigenvalue weighted by Crippen LogP contribution is -2.43. The topological polar surface area (TPSA) is 25.4 Å². The number of piperidine rings is 1. The molecular formula is C21H22N2OS. The molecule has 0 amide bonds. The monoisotopic (exact) mass is 350 g/mol. The highest BCUT2D eigenvalue weighted by Crippen LogP contribution is 2.36. The van der Waals surface area contributed by atoms with E-state index in [1.807, 2.05) is 6.20 Å². The van der Waals surface area contributed by atoms with Gasteiger partial charge in [-0.25, -0.2) is 0 Å². The Labute approximate surface area is 152 Å². The third-order valence-corrected chi connectivity index (χ3v) is 6.74. The van der Waals surface area contributed by atoms with Crippen molar-refractivity contribution in [2.24, 2.45) is 0 Å². The van der Waals surface area contributed by atoms with E-state index in [9.17, 15) is 0 Å². The summed E-state index contributed by atoms with van der Waals surface area (Å²) in [4.78, 5) is 7.19. The molecule has 0 spiro atoms. The lowest BCUT2D eigenvalue weighted by atomic mass is 10.0. The van der Waals surface area contributed by atoms with E-state index in [1.54, 1.807) is 11.3 Å². The first-order chi connectivity index (χ1) is 12.3. The molecule has 0 aliphatic carbocycles. The number of rotatable bonds is 3. The van der Waals surface area contributed by atoms with Crippen molar-refractivity contribution >= 4 is 21.4 Å². The number of benzene rings is 1. The summed E-state index contributed by atoms with van der Waals surface area (Å²) < 4.78 is 7.57. The van der Waals surface area contributed by atoms with E-state index < -0.39 is 0 Å². The van der Waals surface area contributed by atoms with E-state index in [1.165, 1.54) is 22.9 Å². The van der Waals surface area contributed by atoms with Gasteiger partial charge in [-0.05, 0) is 73.8 Å². The van der Waals surface area contributed by atoms with Gasteiger partial charge in [-0.15, -0.1) is 11.3 Å². The molecule has 25 heavy (non-hydrogen) atoms. The van der Waals surface area contributed by atoms with Gasteiger partial charge in [0.05, 0.1) is 11.9 Å².